The van der Waals surface area contributed by atoms with Crippen molar-refractivity contribution < 1.29 is 9.59 Å². The lowest BCUT2D eigenvalue weighted by Gasteiger charge is -2.32. The Bertz CT molecular complexity index is 1230. The van der Waals surface area contributed by atoms with Crippen LogP contribution in [-0.2, 0) is 15.0 Å². The quantitative estimate of drug-likeness (QED) is 0.654. The normalized spacial score (nSPS) is 19.6. The topological polar surface area (TPSA) is 67.2 Å². The maximum atomic E-state index is 13.8. The lowest BCUT2D eigenvalue weighted by molar-refractivity contribution is -0.126. The summed E-state index contributed by atoms with van der Waals surface area (Å²) < 4.78 is 1.68. The number of aryl methyl sites for hydroxylation is 1. The van der Waals surface area contributed by atoms with Gasteiger partial charge in [-0.15, -0.1) is 6.58 Å². The number of nitrogens with one attached hydrogen (secondary N) is 1. The van der Waals surface area contributed by atoms with Crippen LogP contribution in [0.25, 0.3) is 5.69 Å². The first-order chi connectivity index (χ1) is 14.5. The zero-order valence-corrected chi connectivity index (χ0v) is 17.1. The number of amides is 2. The molecule has 0 radical (unpaired) electrons. The summed E-state index contributed by atoms with van der Waals surface area (Å²) in [4.78, 5) is 28.3. The van der Waals surface area contributed by atoms with E-state index in [1.807, 2.05) is 43.3 Å². The molecule has 0 aliphatic carbocycles. The second kappa shape index (κ2) is 6.57. The molecule has 0 saturated carbocycles. The van der Waals surface area contributed by atoms with Gasteiger partial charge in [0.05, 0.1) is 17.6 Å². The van der Waals surface area contributed by atoms with Gasteiger partial charge in [-0.05, 0) is 30.7 Å². The van der Waals surface area contributed by atoms with Crippen LogP contribution in [0.5, 0.6) is 0 Å². The average Bonchev–Trinajstić information content (AvgIpc) is 3.23. The highest BCUT2D eigenvalue weighted by molar-refractivity contribution is 6.34. The molecule has 1 spiro atoms. The number of carbonyl (C=O) groups excluding carboxylic acids is 2. The number of halogens is 1. The lowest BCUT2D eigenvalue weighted by Crippen LogP contribution is -2.46. The third-order valence-corrected chi connectivity index (χ3v) is 6.20. The number of anilines is 2. The highest BCUT2D eigenvalue weighted by atomic mass is 35.5. The Morgan fingerprint density at radius 1 is 1.20 bits per heavy atom. The van der Waals surface area contributed by atoms with Crippen LogP contribution in [0, 0.1) is 6.92 Å². The van der Waals surface area contributed by atoms with E-state index in [0.29, 0.717) is 34.2 Å². The van der Waals surface area contributed by atoms with Crippen LogP contribution in [0.1, 0.15) is 23.1 Å². The van der Waals surface area contributed by atoms with Gasteiger partial charge in [0.15, 0.2) is 0 Å². The van der Waals surface area contributed by atoms with Crippen molar-refractivity contribution in [3.8, 4) is 5.69 Å². The van der Waals surface area contributed by atoms with Crippen LogP contribution in [0.2, 0.25) is 5.02 Å². The lowest BCUT2D eigenvalue weighted by atomic mass is 9.71. The first kappa shape index (κ1) is 18.6. The SMILES string of the molecule is C=CCN1C(=O)[C@]2(CC(=O)Nc3c2cnn3-c2ccccc2C)c2c(Cl)cccc21. The van der Waals surface area contributed by atoms with E-state index in [0.717, 1.165) is 11.3 Å². The monoisotopic (exact) mass is 418 g/mol. The fourth-order valence-corrected chi connectivity index (χ4v) is 4.94. The predicted octanol–water partition coefficient (Wildman–Crippen LogP) is 4.00. The summed E-state index contributed by atoms with van der Waals surface area (Å²) in [5.41, 5.74) is 2.63. The molecule has 2 aliphatic heterocycles. The summed E-state index contributed by atoms with van der Waals surface area (Å²) in [6.07, 6.45) is 3.31. The summed E-state index contributed by atoms with van der Waals surface area (Å²) in [5.74, 6) is 0.0589. The van der Waals surface area contributed by atoms with E-state index in [1.54, 1.807) is 27.9 Å². The molecule has 0 bridgehead atoms. The van der Waals surface area contributed by atoms with Gasteiger partial charge < -0.3 is 10.2 Å². The highest BCUT2D eigenvalue weighted by Crippen LogP contribution is 2.54. The van der Waals surface area contributed by atoms with Gasteiger partial charge in [-0.3, -0.25) is 9.59 Å². The molecular weight excluding hydrogens is 400 g/mol. The van der Waals surface area contributed by atoms with Gasteiger partial charge >= 0.3 is 0 Å². The Balaban J connectivity index is 1.81. The minimum absolute atomic E-state index is 0.0251. The van der Waals surface area contributed by atoms with Gasteiger partial charge in [-0.2, -0.15) is 5.10 Å². The van der Waals surface area contributed by atoms with Gasteiger partial charge in [-0.25, -0.2) is 4.68 Å². The molecule has 150 valence electrons. The van der Waals surface area contributed by atoms with E-state index in [4.69, 9.17) is 11.6 Å². The Morgan fingerprint density at radius 3 is 2.73 bits per heavy atom. The number of hydrogen-bond donors (Lipinski definition) is 1. The van der Waals surface area contributed by atoms with E-state index in [9.17, 15) is 9.59 Å². The molecule has 1 atom stereocenters. The maximum Gasteiger partial charge on any atom is 0.243 e. The molecule has 30 heavy (non-hydrogen) atoms. The van der Waals surface area contributed by atoms with Crippen LogP contribution in [0.15, 0.2) is 61.3 Å². The number of hydrogen-bond acceptors (Lipinski definition) is 3. The summed E-state index contributed by atoms with van der Waals surface area (Å²) in [7, 11) is 0. The number of benzene rings is 2. The Hall–Kier alpha value is -3.38. The smallest absolute Gasteiger partial charge is 0.243 e. The molecule has 3 heterocycles. The van der Waals surface area contributed by atoms with Gasteiger partial charge in [0.1, 0.15) is 11.2 Å². The minimum Gasteiger partial charge on any atom is -0.310 e. The van der Waals surface area contributed by atoms with Crippen molar-refractivity contribution in [3.63, 3.8) is 0 Å². The fraction of sp³-hybridized carbons (Fsp3) is 0.174. The van der Waals surface area contributed by atoms with E-state index >= 15 is 0 Å². The van der Waals surface area contributed by atoms with Crippen LogP contribution in [0.4, 0.5) is 11.5 Å². The molecule has 2 amide bonds. The molecule has 0 saturated heterocycles. The second-order valence-electron chi connectivity index (χ2n) is 7.57. The highest BCUT2D eigenvalue weighted by Gasteiger charge is 2.58. The first-order valence-corrected chi connectivity index (χ1v) is 10.0. The van der Waals surface area contributed by atoms with Gasteiger partial charge in [0.25, 0.3) is 0 Å². The average molecular weight is 419 g/mol. The van der Waals surface area contributed by atoms with Gasteiger partial charge in [0.2, 0.25) is 11.8 Å². The molecule has 7 heteroatoms. The standard InChI is InChI=1S/C23H19ClN4O2/c1-3-11-27-18-10-6-8-16(24)20(18)23(22(27)30)12-19(29)26-21-15(23)13-25-28(21)17-9-5-4-7-14(17)2/h3-10,13H,1,11-12H2,2H3,(H,26,29)/t23-/m0/s1. The number of fused-ring (bicyclic) bond motifs is 4. The number of carbonyl (C=O) groups is 2. The van der Waals surface area contributed by atoms with Crippen molar-refractivity contribution in [2.75, 3.05) is 16.8 Å². The molecule has 0 fully saturated rings. The number of para-hydroxylation sites is 1. The third kappa shape index (κ3) is 2.34. The van der Waals surface area contributed by atoms with Crippen molar-refractivity contribution in [1.82, 2.24) is 9.78 Å². The fourth-order valence-electron chi connectivity index (χ4n) is 4.61. The zero-order valence-electron chi connectivity index (χ0n) is 16.4. The van der Waals surface area contributed by atoms with E-state index in [1.165, 1.54) is 0 Å². The molecule has 6 nitrogen and oxygen atoms in total. The van der Waals surface area contributed by atoms with E-state index in [2.05, 4.69) is 17.0 Å². The number of rotatable bonds is 3. The van der Waals surface area contributed by atoms with Crippen LogP contribution >= 0.6 is 11.6 Å². The van der Waals surface area contributed by atoms with Gasteiger partial charge in [-0.1, -0.05) is 41.9 Å². The van der Waals surface area contributed by atoms with Crippen LogP contribution in [0.3, 0.4) is 0 Å². The molecule has 5 rings (SSSR count). The van der Waals surface area contributed by atoms with Crippen LogP contribution in [-0.4, -0.2) is 28.1 Å². The van der Waals surface area contributed by atoms with Crippen molar-refractivity contribution in [2.45, 2.75) is 18.8 Å². The Morgan fingerprint density at radius 2 is 1.97 bits per heavy atom. The molecule has 3 aromatic rings. The molecule has 2 aromatic carbocycles. The molecule has 1 aromatic heterocycles. The van der Waals surface area contributed by atoms with Crippen molar-refractivity contribution in [2.24, 2.45) is 0 Å². The third-order valence-electron chi connectivity index (χ3n) is 5.89. The largest absolute Gasteiger partial charge is 0.310 e. The van der Waals surface area contributed by atoms with Gasteiger partial charge in [0, 0.05) is 29.1 Å². The molecule has 2 aliphatic rings. The summed E-state index contributed by atoms with van der Waals surface area (Å²) in [5, 5.41) is 7.94. The minimum atomic E-state index is -1.21. The van der Waals surface area contributed by atoms with E-state index in [-0.39, 0.29) is 18.2 Å². The Kier molecular flexibility index (Phi) is 4.08. The van der Waals surface area contributed by atoms with E-state index < -0.39 is 5.41 Å². The van der Waals surface area contributed by atoms with Crippen molar-refractivity contribution in [3.05, 3.63) is 83.0 Å². The van der Waals surface area contributed by atoms with Crippen molar-refractivity contribution in [1.29, 1.82) is 0 Å². The molecular formula is C23H19ClN4O2. The molecule has 1 N–H and O–H groups in total. The van der Waals surface area contributed by atoms with Crippen molar-refractivity contribution >= 4 is 34.9 Å². The number of nitrogens with zero attached hydrogens (tertiary/aromatic N) is 3. The molecule has 0 unspecified atom stereocenters. The summed E-state index contributed by atoms with van der Waals surface area (Å²) >= 11 is 6.62. The predicted molar refractivity (Wildman–Crippen MR) is 116 cm³/mol. The first-order valence-electron chi connectivity index (χ1n) is 9.65. The maximum absolute atomic E-state index is 13.8. The number of aromatic nitrogens is 2. The van der Waals surface area contributed by atoms with Crippen LogP contribution < -0.4 is 10.2 Å². The summed E-state index contributed by atoms with van der Waals surface area (Å²) in [6.45, 7) is 6.08. The summed E-state index contributed by atoms with van der Waals surface area (Å²) in [6, 6.07) is 13.2. The zero-order chi connectivity index (χ0) is 21.0. The Labute approximate surface area is 178 Å². The second-order valence-corrected chi connectivity index (χ2v) is 7.98.